The Morgan fingerprint density at radius 1 is 1.00 bits per heavy atom. The van der Waals surface area contributed by atoms with Crippen LogP contribution in [0.25, 0.3) is 0 Å². The number of esters is 1. The van der Waals surface area contributed by atoms with Crippen LogP contribution < -0.4 is 0 Å². The molecule has 1 saturated carbocycles. The molecule has 1 fully saturated rings. The zero-order chi connectivity index (χ0) is 17.6. The second-order valence-corrected chi connectivity index (χ2v) is 7.20. The number of methoxy groups -OCH3 is 1. The third-order valence-electron chi connectivity index (χ3n) is 5.32. The molecule has 0 aromatic carbocycles. The van der Waals surface area contributed by atoms with Gasteiger partial charge in [-0.25, -0.2) is 4.79 Å². The SMILES string of the molecule is CCCCCC(=O)CC[C@H]1CCC[C@@H]1CCCCC=CC(=O)OC. The summed E-state index contributed by atoms with van der Waals surface area (Å²) in [5, 5.41) is 0. The number of hydrogen-bond acceptors (Lipinski definition) is 3. The van der Waals surface area contributed by atoms with Crippen LogP contribution in [0.2, 0.25) is 0 Å². The minimum Gasteiger partial charge on any atom is -0.466 e. The largest absolute Gasteiger partial charge is 0.466 e. The van der Waals surface area contributed by atoms with Gasteiger partial charge in [0.05, 0.1) is 7.11 Å². The number of Topliss-reactive ketones (excluding diaryl/α,β-unsaturated/α-hetero) is 1. The lowest BCUT2D eigenvalue weighted by atomic mass is 9.86. The Balaban J connectivity index is 2.13. The maximum absolute atomic E-state index is 11.9. The van der Waals surface area contributed by atoms with Crippen molar-refractivity contribution in [1.29, 1.82) is 0 Å². The van der Waals surface area contributed by atoms with Gasteiger partial charge < -0.3 is 4.74 Å². The Labute approximate surface area is 148 Å². The molecule has 0 unspecified atom stereocenters. The fourth-order valence-corrected chi connectivity index (χ4v) is 3.83. The second-order valence-electron chi connectivity index (χ2n) is 7.20. The van der Waals surface area contributed by atoms with Crippen molar-refractivity contribution in [2.75, 3.05) is 7.11 Å². The third-order valence-corrected chi connectivity index (χ3v) is 5.32. The molecule has 0 spiro atoms. The van der Waals surface area contributed by atoms with E-state index < -0.39 is 0 Å². The number of ketones is 1. The van der Waals surface area contributed by atoms with Crippen molar-refractivity contribution >= 4 is 11.8 Å². The summed E-state index contributed by atoms with van der Waals surface area (Å²) in [6.45, 7) is 2.18. The maximum atomic E-state index is 11.9. The molecule has 1 rings (SSSR count). The highest BCUT2D eigenvalue weighted by molar-refractivity contribution is 5.81. The molecular weight excluding hydrogens is 300 g/mol. The van der Waals surface area contributed by atoms with Crippen molar-refractivity contribution < 1.29 is 14.3 Å². The van der Waals surface area contributed by atoms with Gasteiger partial charge in [-0.1, -0.05) is 57.9 Å². The summed E-state index contributed by atoms with van der Waals surface area (Å²) in [5.74, 6) is 1.79. The average Bonchev–Trinajstić information content (AvgIpc) is 3.03. The van der Waals surface area contributed by atoms with Crippen molar-refractivity contribution in [3.05, 3.63) is 12.2 Å². The molecule has 0 aliphatic heterocycles. The lowest BCUT2D eigenvalue weighted by Gasteiger charge is -2.19. The summed E-state index contributed by atoms with van der Waals surface area (Å²) in [7, 11) is 1.40. The van der Waals surface area contributed by atoms with Crippen molar-refractivity contribution in [1.82, 2.24) is 0 Å². The van der Waals surface area contributed by atoms with Gasteiger partial charge >= 0.3 is 5.97 Å². The first-order valence-electron chi connectivity index (χ1n) is 9.93. The van der Waals surface area contributed by atoms with Crippen LogP contribution in [0.15, 0.2) is 12.2 Å². The van der Waals surface area contributed by atoms with Crippen molar-refractivity contribution in [3.8, 4) is 0 Å². The molecule has 24 heavy (non-hydrogen) atoms. The zero-order valence-corrected chi connectivity index (χ0v) is 15.7. The van der Waals surface area contributed by atoms with E-state index in [1.54, 1.807) is 0 Å². The van der Waals surface area contributed by atoms with Gasteiger partial charge in [0.1, 0.15) is 5.78 Å². The normalized spacial score (nSPS) is 20.6. The molecule has 1 aliphatic rings. The van der Waals surface area contributed by atoms with Gasteiger partial charge in [0.15, 0.2) is 0 Å². The summed E-state index contributed by atoms with van der Waals surface area (Å²) in [5.41, 5.74) is 0. The molecule has 1 aliphatic carbocycles. The van der Waals surface area contributed by atoms with Gasteiger partial charge in [0, 0.05) is 18.9 Å². The van der Waals surface area contributed by atoms with Crippen LogP contribution in [0.3, 0.4) is 0 Å². The van der Waals surface area contributed by atoms with Gasteiger partial charge in [-0.05, 0) is 37.5 Å². The van der Waals surface area contributed by atoms with Crippen LogP contribution in [0, 0.1) is 11.8 Å². The topological polar surface area (TPSA) is 43.4 Å². The van der Waals surface area contributed by atoms with E-state index in [0.29, 0.717) is 5.78 Å². The molecule has 0 aromatic rings. The van der Waals surface area contributed by atoms with E-state index >= 15 is 0 Å². The van der Waals surface area contributed by atoms with E-state index in [1.165, 1.54) is 58.1 Å². The van der Waals surface area contributed by atoms with Gasteiger partial charge in [0.2, 0.25) is 0 Å². The van der Waals surface area contributed by atoms with E-state index in [-0.39, 0.29) is 5.97 Å². The minimum atomic E-state index is -0.269. The zero-order valence-electron chi connectivity index (χ0n) is 15.7. The Morgan fingerprint density at radius 2 is 1.75 bits per heavy atom. The summed E-state index contributed by atoms with van der Waals surface area (Å²) < 4.78 is 4.58. The number of rotatable bonds is 13. The van der Waals surface area contributed by atoms with E-state index in [1.807, 2.05) is 6.08 Å². The van der Waals surface area contributed by atoms with E-state index in [4.69, 9.17) is 0 Å². The smallest absolute Gasteiger partial charge is 0.330 e. The Hall–Kier alpha value is -1.12. The number of unbranched alkanes of at least 4 members (excludes halogenated alkanes) is 4. The van der Waals surface area contributed by atoms with Crippen LogP contribution >= 0.6 is 0 Å². The summed E-state index contributed by atoms with van der Waals surface area (Å²) >= 11 is 0. The fraction of sp³-hybridized carbons (Fsp3) is 0.810. The first kappa shape index (κ1) is 20.9. The highest BCUT2D eigenvalue weighted by Gasteiger charge is 2.26. The molecule has 0 radical (unpaired) electrons. The first-order chi connectivity index (χ1) is 11.7. The Kier molecular flexibility index (Phi) is 11.5. The number of ether oxygens (including phenoxy) is 1. The molecule has 0 N–H and O–H groups in total. The third kappa shape index (κ3) is 9.24. The molecule has 138 valence electrons. The van der Waals surface area contributed by atoms with E-state index in [9.17, 15) is 9.59 Å². The predicted molar refractivity (Wildman–Crippen MR) is 98.8 cm³/mol. The quantitative estimate of drug-likeness (QED) is 0.249. The van der Waals surface area contributed by atoms with E-state index in [2.05, 4.69) is 11.7 Å². The van der Waals surface area contributed by atoms with Crippen molar-refractivity contribution in [2.24, 2.45) is 11.8 Å². The lowest BCUT2D eigenvalue weighted by molar-refractivity contribution is -0.134. The van der Waals surface area contributed by atoms with E-state index in [0.717, 1.165) is 50.4 Å². The molecule has 3 nitrogen and oxygen atoms in total. The molecule has 0 bridgehead atoms. The number of hydrogen-bond donors (Lipinski definition) is 0. The van der Waals surface area contributed by atoms with Crippen molar-refractivity contribution in [3.63, 3.8) is 0 Å². The average molecular weight is 337 g/mol. The monoisotopic (exact) mass is 336 g/mol. The second kappa shape index (κ2) is 13.2. The van der Waals surface area contributed by atoms with Crippen LogP contribution in [0.1, 0.15) is 90.4 Å². The maximum Gasteiger partial charge on any atom is 0.330 e. The summed E-state index contributed by atoms with van der Waals surface area (Å²) in [4.78, 5) is 22.9. The Bertz CT molecular complexity index is 387. The van der Waals surface area contributed by atoms with Gasteiger partial charge in [-0.2, -0.15) is 0 Å². The molecule has 0 saturated heterocycles. The van der Waals surface area contributed by atoms with Crippen LogP contribution in [-0.2, 0) is 14.3 Å². The lowest BCUT2D eigenvalue weighted by Crippen LogP contribution is -2.10. The molecule has 2 atom stereocenters. The van der Waals surface area contributed by atoms with Crippen LogP contribution in [0.5, 0.6) is 0 Å². The summed E-state index contributed by atoms with van der Waals surface area (Å²) in [6, 6.07) is 0. The van der Waals surface area contributed by atoms with Gasteiger partial charge in [0.25, 0.3) is 0 Å². The fourth-order valence-electron chi connectivity index (χ4n) is 3.83. The number of carbonyl (C=O) groups is 2. The molecular formula is C21H36O3. The van der Waals surface area contributed by atoms with Gasteiger partial charge in [-0.15, -0.1) is 0 Å². The van der Waals surface area contributed by atoms with Crippen LogP contribution in [0.4, 0.5) is 0 Å². The number of carbonyl (C=O) groups excluding carboxylic acids is 2. The highest BCUT2D eigenvalue weighted by Crippen LogP contribution is 2.38. The molecule has 3 heteroatoms. The predicted octanol–water partition coefficient (Wildman–Crippen LogP) is 5.62. The van der Waals surface area contributed by atoms with Crippen molar-refractivity contribution in [2.45, 2.75) is 90.4 Å². The van der Waals surface area contributed by atoms with Crippen LogP contribution in [-0.4, -0.2) is 18.9 Å². The minimum absolute atomic E-state index is 0.269. The van der Waals surface area contributed by atoms with Gasteiger partial charge in [-0.3, -0.25) is 4.79 Å². The standard InChI is InChI=1S/C21H36O3/c1-3-4-7-14-20(22)17-16-19-13-10-12-18(19)11-8-5-6-9-15-21(23)24-2/h9,15,18-19H,3-8,10-14,16-17H2,1-2H3/t18-,19+/m0/s1. The molecule has 0 amide bonds. The number of allylic oxidation sites excluding steroid dienone is 1. The highest BCUT2D eigenvalue weighted by atomic mass is 16.5. The first-order valence-corrected chi connectivity index (χ1v) is 9.93. The summed E-state index contributed by atoms with van der Waals surface area (Å²) in [6.07, 6.45) is 18.1. The molecule has 0 aromatic heterocycles. The molecule has 0 heterocycles. The Morgan fingerprint density at radius 3 is 2.46 bits per heavy atom.